The topological polar surface area (TPSA) is 48.0 Å². The monoisotopic (exact) mass is 380 g/mol. The van der Waals surface area contributed by atoms with Crippen LogP contribution < -0.4 is 5.73 Å². The lowest BCUT2D eigenvalue weighted by Gasteiger charge is -2.26. The molecule has 0 unspecified atom stereocenters. The minimum atomic E-state index is -0.296. The Kier molecular flexibility index (Phi) is 6.98. The van der Waals surface area contributed by atoms with Crippen molar-refractivity contribution in [3.8, 4) is 11.1 Å². The quantitative estimate of drug-likeness (QED) is 0.611. The van der Waals surface area contributed by atoms with Crippen molar-refractivity contribution in [2.45, 2.75) is 91.0 Å². The van der Waals surface area contributed by atoms with Gasteiger partial charge in [0, 0.05) is 23.0 Å². The highest BCUT2D eigenvalue weighted by Gasteiger charge is 2.28. The van der Waals surface area contributed by atoms with Gasteiger partial charge in [-0.3, -0.25) is 4.79 Å². The Labute approximate surface area is 170 Å². The number of unbranched alkanes of at least 4 members (excludes halogenated alkanes) is 1. The number of hydrogen-bond donors (Lipinski definition) is 1. The fourth-order valence-corrected chi connectivity index (χ4v) is 4.88. The maximum absolute atomic E-state index is 12.5. The van der Waals surface area contributed by atoms with Crippen LogP contribution in [0.25, 0.3) is 11.1 Å². The molecule has 1 aliphatic rings. The van der Waals surface area contributed by atoms with Gasteiger partial charge in [0.15, 0.2) is 0 Å². The molecule has 1 aliphatic carbocycles. The molecule has 1 aromatic heterocycles. The number of carbonyl (C=O) groups excluding carboxylic acids is 1. The number of hydrogen-bond acceptors (Lipinski definition) is 1. The van der Waals surface area contributed by atoms with Crippen LogP contribution >= 0.6 is 0 Å². The van der Waals surface area contributed by atoms with E-state index in [4.69, 9.17) is 5.73 Å². The molecule has 3 rings (SSSR count). The van der Waals surface area contributed by atoms with Crippen LogP contribution in [0.15, 0.2) is 24.3 Å². The lowest BCUT2D eigenvalue weighted by molar-refractivity contribution is 0.1000. The number of rotatable bonds is 6. The molecule has 0 saturated heterocycles. The smallest absolute Gasteiger partial charge is 0.251 e. The van der Waals surface area contributed by atoms with Gasteiger partial charge in [-0.2, -0.15) is 0 Å². The van der Waals surface area contributed by atoms with E-state index in [9.17, 15) is 4.79 Å². The summed E-state index contributed by atoms with van der Waals surface area (Å²) >= 11 is 0. The predicted molar refractivity (Wildman–Crippen MR) is 118 cm³/mol. The molecular weight excluding hydrogens is 344 g/mol. The third kappa shape index (κ3) is 4.34. The van der Waals surface area contributed by atoms with E-state index in [0.717, 1.165) is 41.6 Å². The zero-order chi connectivity index (χ0) is 20.1. The molecule has 2 N–H and O–H groups in total. The Morgan fingerprint density at radius 1 is 1.04 bits per heavy atom. The molecule has 0 atom stereocenters. The molecule has 28 heavy (non-hydrogen) atoms. The summed E-state index contributed by atoms with van der Waals surface area (Å²) in [7, 11) is 0. The standard InChI is InChI=1S/C25H36N2O/c1-4-5-13-22-24(20-16-14-18(2)15-17-20)23(25(26)28)19(3)27(22)21-11-9-7-6-8-10-12-21/h14-17,21H,4-13H2,1-3H3,(H2,26,28). The minimum Gasteiger partial charge on any atom is -0.366 e. The van der Waals surface area contributed by atoms with Crippen molar-refractivity contribution >= 4 is 5.91 Å². The second-order valence-corrected chi connectivity index (χ2v) is 8.48. The van der Waals surface area contributed by atoms with Crippen LogP contribution in [-0.2, 0) is 6.42 Å². The fourth-order valence-electron chi connectivity index (χ4n) is 4.88. The highest BCUT2D eigenvalue weighted by molar-refractivity contribution is 6.02. The number of benzene rings is 1. The molecule has 1 saturated carbocycles. The first kappa shape index (κ1) is 20.7. The normalized spacial score (nSPS) is 16.0. The minimum absolute atomic E-state index is 0.296. The van der Waals surface area contributed by atoms with Crippen LogP contribution in [-0.4, -0.2) is 10.5 Å². The van der Waals surface area contributed by atoms with Crippen LogP contribution in [0.5, 0.6) is 0 Å². The van der Waals surface area contributed by atoms with Gasteiger partial charge in [0.2, 0.25) is 0 Å². The Morgan fingerprint density at radius 2 is 1.64 bits per heavy atom. The SMILES string of the molecule is CCCCc1c(-c2ccc(C)cc2)c(C(N)=O)c(C)n1C1CCCCCCC1. The van der Waals surface area contributed by atoms with Crippen LogP contribution in [0.4, 0.5) is 0 Å². The molecule has 1 amide bonds. The maximum Gasteiger partial charge on any atom is 0.251 e. The summed E-state index contributed by atoms with van der Waals surface area (Å²) in [5.41, 5.74) is 12.5. The van der Waals surface area contributed by atoms with Crippen molar-refractivity contribution in [2.24, 2.45) is 5.73 Å². The van der Waals surface area contributed by atoms with Crippen molar-refractivity contribution in [3.05, 3.63) is 46.8 Å². The van der Waals surface area contributed by atoms with Crippen molar-refractivity contribution in [3.63, 3.8) is 0 Å². The number of nitrogens with zero attached hydrogens (tertiary/aromatic N) is 1. The van der Waals surface area contributed by atoms with Gasteiger partial charge in [-0.1, -0.05) is 75.3 Å². The number of carbonyl (C=O) groups is 1. The Morgan fingerprint density at radius 3 is 2.21 bits per heavy atom. The molecule has 3 nitrogen and oxygen atoms in total. The van der Waals surface area contributed by atoms with Crippen molar-refractivity contribution in [1.29, 1.82) is 0 Å². The predicted octanol–water partition coefficient (Wildman–Crippen LogP) is 6.50. The van der Waals surface area contributed by atoms with E-state index >= 15 is 0 Å². The van der Waals surface area contributed by atoms with Gasteiger partial charge in [0.25, 0.3) is 5.91 Å². The zero-order valence-corrected chi connectivity index (χ0v) is 17.9. The van der Waals surface area contributed by atoms with Gasteiger partial charge in [-0.25, -0.2) is 0 Å². The van der Waals surface area contributed by atoms with Gasteiger partial charge < -0.3 is 10.3 Å². The maximum atomic E-state index is 12.5. The first-order valence-electron chi connectivity index (χ1n) is 11.1. The lowest BCUT2D eigenvalue weighted by Crippen LogP contribution is -2.17. The Hall–Kier alpha value is -2.03. The first-order chi connectivity index (χ1) is 13.5. The second-order valence-electron chi connectivity index (χ2n) is 8.48. The molecule has 152 valence electrons. The fraction of sp³-hybridized carbons (Fsp3) is 0.560. The van der Waals surface area contributed by atoms with Crippen LogP contribution in [0.1, 0.15) is 98.1 Å². The summed E-state index contributed by atoms with van der Waals surface area (Å²) in [5, 5.41) is 0. The summed E-state index contributed by atoms with van der Waals surface area (Å²) in [4.78, 5) is 12.5. The average Bonchev–Trinajstić information content (AvgIpc) is 2.93. The number of primary amides is 1. The van der Waals surface area contributed by atoms with E-state index in [2.05, 4.69) is 49.6 Å². The summed E-state index contributed by atoms with van der Waals surface area (Å²) in [5.74, 6) is -0.296. The second kappa shape index (κ2) is 9.45. The van der Waals surface area contributed by atoms with Crippen LogP contribution in [0.2, 0.25) is 0 Å². The van der Waals surface area contributed by atoms with Crippen molar-refractivity contribution < 1.29 is 4.79 Å². The first-order valence-corrected chi connectivity index (χ1v) is 11.1. The van der Waals surface area contributed by atoms with Crippen LogP contribution in [0.3, 0.4) is 0 Å². The third-order valence-corrected chi connectivity index (χ3v) is 6.35. The Balaban J connectivity index is 2.18. The molecule has 0 aliphatic heterocycles. The van der Waals surface area contributed by atoms with E-state index in [-0.39, 0.29) is 5.91 Å². The van der Waals surface area contributed by atoms with Gasteiger partial charge in [0.1, 0.15) is 0 Å². The van der Waals surface area contributed by atoms with Gasteiger partial charge >= 0.3 is 0 Å². The largest absolute Gasteiger partial charge is 0.366 e. The number of aryl methyl sites for hydroxylation is 1. The number of amides is 1. The number of nitrogens with two attached hydrogens (primary N) is 1. The molecule has 3 heteroatoms. The van der Waals surface area contributed by atoms with E-state index in [1.807, 2.05) is 0 Å². The number of aromatic nitrogens is 1. The van der Waals surface area contributed by atoms with E-state index in [1.54, 1.807) is 0 Å². The van der Waals surface area contributed by atoms with Gasteiger partial charge in [0.05, 0.1) is 5.56 Å². The molecule has 0 spiro atoms. The molecule has 1 heterocycles. The van der Waals surface area contributed by atoms with Gasteiger partial charge in [-0.05, 0) is 45.1 Å². The van der Waals surface area contributed by atoms with Crippen molar-refractivity contribution in [1.82, 2.24) is 4.57 Å². The highest BCUT2D eigenvalue weighted by Crippen LogP contribution is 2.39. The molecular formula is C25H36N2O. The third-order valence-electron chi connectivity index (χ3n) is 6.35. The molecule has 0 bridgehead atoms. The van der Waals surface area contributed by atoms with Crippen molar-refractivity contribution in [2.75, 3.05) is 0 Å². The van der Waals surface area contributed by atoms with E-state index < -0.39 is 0 Å². The summed E-state index contributed by atoms with van der Waals surface area (Å²) in [6.45, 7) is 6.43. The molecule has 0 radical (unpaired) electrons. The summed E-state index contributed by atoms with van der Waals surface area (Å²) in [6, 6.07) is 9.05. The van der Waals surface area contributed by atoms with Crippen LogP contribution in [0, 0.1) is 13.8 Å². The van der Waals surface area contributed by atoms with Gasteiger partial charge in [-0.15, -0.1) is 0 Å². The Bertz CT molecular complexity index is 793. The average molecular weight is 381 g/mol. The molecule has 1 fully saturated rings. The molecule has 2 aromatic rings. The zero-order valence-electron chi connectivity index (χ0n) is 17.9. The van der Waals surface area contributed by atoms with E-state index in [1.165, 1.54) is 56.2 Å². The summed E-state index contributed by atoms with van der Waals surface area (Å²) < 4.78 is 2.51. The highest BCUT2D eigenvalue weighted by atomic mass is 16.1. The summed E-state index contributed by atoms with van der Waals surface area (Å²) in [6.07, 6.45) is 12.3. The lowest BCUT2D eigenvalue weighted by atomic mass is 9.95. The van der Waals surface area contributed by atoms with E-state index in [0.29, 0.717) is 6.04 Å². The molecule has 1 aromatic carbocycles.